The van der Waals surface area contributed by atoms with Gasteiger partial charge in [-0.2, -0.15) is 0 Å². The maximum atomic E-state index is 14.5. The van der Waals surface area contributed by atoms with Crippen molar-refractivity contribution in [1.82, 2.24) is 10.6 Å². The first-order chi connectivity index (χ1) is 21.4. The molecular weight excluding hydrogens is 618 g/mol. The summed E-state index contributed by atoms with van der Waals surface area (Å²) in [6.45, 7) is 1.62. The van der Waals surface area contributed by atoms with E-state index in [1.807, 2.05) is 41.3 Å². The van der Waals surface area contributed by atoms with Crippen LogP contribution >= 0.6 is 15.9 Å². The lowest BCUT2D eigenvalue weighted by atomic mass is 9.93. The zero-order valence-electron chi connectivity index (χ0n) is 24.9. The van der Waals surface area contributed by atoms with E-state index in [9.17, 15) is 14.7 Å². The van der Waals surface area contributed by atoms with Crippen molar-refractivity contribution >= 4 is 44.2 Å². The Morgan fingerprint density at radius 3 is 2.64 bits per heavy atom. The fourth-order valence-corrected chi connectivity index (χ4v) is 6.61. The van der Waals surface area contributed by atoms with Crippen molar-refractivity contribution in [1.29, 1.82) is 0 Å². The second-order valence-electron chi connectivity index (χ2n) is 11.9. The van der Waals surface area contributed by atoms with Gasteiger partial charge in [0.2, 0.25) is 5.91 Å². The minimum absolute atomic E-state index is 0.0453. The van der Waals surface area contributed by atoms with Gasteiger partial charge in [0.25, 0.3) is 5.91 Å². The van der Waals surface area contributed by atoms with Crippen molar-refractivity contribution in [3.05, 3.63) is 100 Å². The largest absolute Gasteiger partial charge is 0.507 e. The number of hydrogen-bond acceptors (Lipinski definition) is 5. The van der Waals surface area contributed by atoms with E-state index in [1.54, 1.807) is 25.3 Å². The summed E-state index contributed by atoms with van der Waals surface area (Å²) in [5.41, 5.74) is 3.31. The summed E-state index contributed by atoms with van der Waals surface area (Å²) >= 11 is 3.59. The molecule has 7 nitrogen and oxygen atoms in total. The Morgan fingerprint density at radius 2 is 1.84 bits per heavy atom. The van der Waals surface area contributed by atoms with Gasteiger partial charge in [0.05, 0.1) is 19.2 Å². The van der Waals surface area contributed by atoms with Crippen LogP contribution in [0.15, 0.2) is 83.3 Å². The molecule has 2 aliphatic rings. The second-order valence-corrected chi connectivity index (χ2v) is 12.8. The zero-order chi connectivity index (χ0) is 30.6. The molecule has 1 aliphatic carbocycles. The Balaban J connectivity index is 1.27. The van der Waals surface area contributed by atoms with Crippen molar-refractivity contribution in [3.63, 3.8) is 0 Å². The molecule has 3 N–H and O–H groups in total. The highest BCUT2D eigenvalue weighted by Gasteiger charge is 2.33. The Hall–Kier alpha value is -3.88. The van der Waals surface area contributed by atoms with Crippen LogP contribution in [-0.2, 0) is 17.8 Å². The lowest BCUT2D eigenvalue weighted by Gasteiger charge is -2.29. The zero-order valence-corrected chi connectivity index (χ0v) is 26.5. The van der Waals surface area contributed by atoms with Gasteiger partial charge in [0, 0.05) is 34.2 Å². The Kier molecular flexibility index (Phi) is 9.19. The fourth-order valence-electron chi connectivity index (χ4n) is 6.23. The quantitative estimate of drug-likeness (QED) is 0.169. The number of para-hydroxylation sites is 2. The van der Waals surface area contributed by atoms with Crippen molar-refractivity contribution < 1.29 is 19.4 Å². The highest BCUT2D eigenvalue weighted by Crippen LogP contribution is 2.37. The lowest BCUT2D eigenvalue weighted by Crippen LogP contribution is -2.45. The van der Waals surface area contributed by atoms with Gasteiger partial charge >= 0.3 is 0 Å². The number of anilines is 1. The van der Waals surface area contributed by atoms with Gasteiger partial charge in [-0.05, 0) is 97.3 Å². The minimum Gasteiger partial charge on any atom is -0.507 e. The summed E-state index contributed by atoms with van der Waals surface area (Å²) in [4.78, 5) is 29.4. The molecule has 2 amide bonds. The van der Waals surface area contributed by atoms with E-state index in [0.29, 0.717) is 25.4 Å². The average molecular weight is 657 g/mol. The van der Waals surface area contributed by atoms with Crippen molar-refractivity contribution in [2.75, 3.05) is 25.1 Å². The van der Waals surface area contributed by atoms with Gasteiger partial charge in [0.1, 0.15) is 11.5 Å². The average Bonchev–Trinajstić information content (AvgIpc) is 3.88. The predicted octanol–water partition coefficient (Wildman–Crippen LogP) is 6.60. The SMILES string of the molecule is COc1ccc2cc(Br)ccc2c1CN1C(=O)[C@H](CC(CNC(=O)c2ccccc2O)NCC2CC2)CCc2ccccc21. The number of amides is 2. The van der Waals surface area contributed by atoms with Crippen LogP contribution in [0.3, 0.4) is 0 Å². The monoisotopic (exact) mass is 655 g/mol. The number of methoxy groups -OCH3 is 1. The molecule has 1 heterocycles. The molecule has 0 saturated heterocycles. The van der Waals surface area contributed by atoms with Gasteiger partial charge in [-0.3, -0.25) is 9.59 Å². The molecular formula is C36H38BrN3O4. The van der Waals surface area contributed by atoms with Crippen LogP contribution < -0.4 is 20.3 Å². The van der Waals surface area contributed by atoms with E-state index in [2.05, 4.69) is 44.8 Å². The highest BCUT2D eigenvalue weighted by molar-refractivity contribution is 9.10. The summed E-state index contributed by atoms with van der Waals surface area (Å²) in [5, 5.41) is 19.0. The molecule has 228 valence electrons. The first-order valence-electron chi connectivity index (χ1n) is 15.3. The van der Waals surface area contributed by atoms with Crippen LogP contribution in [0, 0.1) is 11.8 Å². The molecule has 1 saturated carbocycles. The maximum Gasteiger partial charge on any atom is 0.255 e. The molecule has 0 aromatic heterocycles. The van der Waals surface area contributed by atoms with Crippen molar-refractivity contribution in [2.45, 2.75) is 44.7 Å². The lowest BCUT2D eigenvalue weighted by molar-refractivity contribution is -0.123. The number of aryl methyl sites for hydroxylation is 1. The number of fused-ring (bicyclic) bond motifs is 2. The summed E-state index contributed by atoms with van der Waals surface area (Å²) in [5.74, 6) is 0.874. The summed E-state index contributed by atoms with van der Waals surface area (Å²) < 4.78 is 6.81. The molecule has 8 heteroatoms. The molecule has 4 aromatic carbocycles. The number of aromatic hydroxyl groups is 1. The maximum absolute atomic E-state index is 14.5. The van der Waals surface area contributed by atoms with Crippen LogP contribution in [-0.4, -0.2) is 43.2 Å². The Morgan fingerprint density at radius 1 is 1.05 bits per heavy atom. The topological polar surface area (TPSA) is 90.9 Å². The Labute approximate surface area is 266 Å². The number of carbonyl (C=O) groups excluding carboxylic acids is 2. The van der Waals surface area contributed by atoms with E-state index in [1.165, 1.54) is 18.9 Å². The number of hydrogen-bond donors (Lipinski definition) is 3. The number of nitrogens with one attached hydrogen (secondary N) is 2. The first kappa shape index (κ1) is 30.2. The number of nitrogens with zero attached hydrogens (tertiary/aromatic N) is 1. The molecule has 0 bridgehead atoms. The molecule has 1 unspecified atom stereocenters. The normalized spacial score (nSPS) is 17.2. The molecule has 2 atom stereocenters. The predicted molar refractivity (Wildman–Crippen MR) is 177 cm³/mol. The summed E-state index contributed by atoms with van der Waals surface area (Å²) in [6, 6.07) is 24.8. The smallest absolute Gasteiger partial charge is 0.255 e. The van der Waals surface area contributed by atoms with Crippen LogP contribution in [0.2, 0.25) is 0 Å². The van der Waals surface area contributed by atoms with Gasteiger partial charge in [-0.1, -0.05) is 58.4 Å². The minimum atomic E-state index is -0.322. The van der Waals surface area contributed by atoms with Gasteiger partial charge < -0.3 is 25.4 Å². The van der Waals surface area contributed by atoms with E-state index >= 15 is 0 Å². The van der Waals surface area contributed by atoms with Crippen molar-refractivity contribution in [2.24, 2.45) is 11.8 Å². The van der Waals surface area contributed by atoms with Crippen LogP contribution in [0.4, 0.5) is 5.69 Å². The highest BCUT2D eigenvalue weighted by atomic mass is 79.9. The van der Waals surface area contributed by atoms with E-state index in [-0.39, 0.29) is 35.1 Å². The van der Waals surface area contributed by atoms with Gasteiger partial charge in [-0.25, -0.2) is 0 Å². The van der Waals surface area contributed by atoms with E-state index in [4.69, 9.17) is 4.74 Å². The van der Waals surface area contributed by atoms with E-state index < -0.39 is 0 Å². The fraction of sp³-hybridized carbons (Fsp3) is 0.333. The third-order valence-electron chi connectivity index (χ3n) is 8.87. The van der Waals surface area contributed by atoms with Crippen LogP contribution in [0.1, 0.15) is 47.2 Å². The van der Waals surface area contributed by atoms with Crippen molar-refractivity contribution in [3.8, 4) is 11.5 Å². The summed E-state index contributed by atoms with van der Waals surface area (Å²) in [6.07, 6.45) is 4.53. The number of phenols is 1. The Bertz CT molecular complexity index is 1670. The third kappa shape index (κ3) is 6.76. The van der Waals surface area contributed by atoms with Crippen LogP contribution in [0.25, 0.3) is 10.8 Å². The molecule has 1 aliphatic heterocycles. The number of phenolic OH excluding ortho intramolecular Hbond substituents is 1. The molecule has 44 heavy (non-hydrogen) atoms. The number of rotatable bonds is 11. The molecule has 0 radical (unpaired) electrons. The van der Waals surface area contributed by atoms with Gasteiger partial charge in [-0.15, -0.1) is 0 Å². The number of halogens is 1. The summed E-state index contributed by atoms with van der Waals surface area (Å²) in [7, 11) is 1.67. The second kappa shape index (κ2) is 13.4. The molecule has 1 fully saturated rings. The number of carbonyl (C=O) groups is 2. The first-order valence-corrected chi connectivity index (χ1v) is 16.1. The number of ether oxygens (including phenoxy) is 1. The molecule has 6 rings (SSSR count). The molecule has 4 aromatic rings. The molecule has 0 spiro atoms. The van der Waals surface area contributed by atoms with E-state index in [0.717, 1.165) is 57.2 Å². The van der Waals surface area contributed by atoms with Crippen LogP contribution in [0.5, 0.6) is 11.5 Å². The third-order valence-corrected chi connectivity index (χ3v) is 9.36. The number of benzene rings is 4. The van der Waals surface area contributed by atoms with Gasteiger partial charge in [0.15, 0.2) is 0 Å². The standard InChI is InChI=1S/C36H38BrN3O4/c1-44-34-17-14-25-18-27(37)15-16-29(25)31(34)22-40-32-8-4-2-6-24(32)12-13-26(36(40)43)19-28(38-20-23-10-11-23)21-39-35(42)30-7-3-5-9-33(30)41/h2-9,14-18,23,26,28,38,41H,10-13,19-22H2,1H3,(H,39,42)/t26-,28?/m0/s1.